The zero-order valence-corrected chi connectivity index (χ0v) is 13.3. The van der Waals surface area contributed by atoms with Crippen molar-refractivity contribution in [3.63, 3.8) is 0 Å². The Morgan fingerprint density at radius 3 is 2.65 bits per heavy atom. The molecule has 0 aliphatic heterocycles. The van der Waals surface area contributed by atoms with Gasteiger partial charge in [0.15, 0.2) is 5.82 Å². The number of hydrogen-bond donors (Lipinski definition) is 2. The number of aromatic nitrogens is 3. The fourth-order valence-corrected chi connectivity index (χ4v) is 2.87. The van der Waals surface area contributed by atoms with Crippen LogP contribution in [-0.4, -0.2) is 15.0 Å². The van der Waals surface area contributed by atoms with Gasteiger partial charge in [0, 0.05) is 34.8 Å². The zero-order valence-electron chi connectivity index (χ0n) is 13.3. The second-order valence-corrected chi connectivity index (χ2v) is 5.67. The number of rotatable bonds is 2. The molecule has 0 bridgehead atoms. The summed E-state index contributed by atoms with van der Waals surface area (Å²) in [5, 5.41) is 9.60. The first-order valence-electron chi connectivity index (χ1n) is 7.67. The van der Waals surface area contributed by atoms with Crippen LogP contribution in [0.15, 0.2) is 48.7 Å². The molecule has 0 aliphatic carbocycles. The van der Waals surface area contributed by atoms with Gasteiger partial charge in [-0.3, -0.25) is 0 Å². The monoisotopic (exact) mass is 347 g/mol. The number of aromatic amines is 1. The number of benzene rings is 2. The van der Waals surface area contributed by atoms with Gasteiger partial charge in [-0.1, -0.05) is 18.2 Å². The SMILES string of the molecule is N#Cc1ccccc1-c1cc(N)nc(-c2c[nH]c3c(F)cc(F)cc23)n1. The lowest BCUT2D eigenvalue weighted by Crippen LogP contribution is -1.98. The highest BCUT2D eigenvalue weighted by Gasteiger charge is 2.16. The first-order chi connectivity index (χ1) is 12.6. The maximum absolute atomic E-state index is 13.9. The van der Waals surface area contributed by atoms with Crippen molar-refractivity contribution in [1.82, 2.24) is 15.0 Å². The number of halogens is 2. The van der Waals surface area contributed by atoms with E-state index in [2.05, 4.69) is 21.0 Å². The number of nitrogens with two attached hydrogens (primary N) is 1. The Balaban J connectivity index is 1.95. The fraction of sp³-hybridized carbons (Fsp3) is 0. The molecule has 126 valence electrons. The van der Waals surface area contributed by atoms with Crippen molar-refractivity contribution in [3.05, 3.63) is 65.9 Å². The summed E-state index contributed by atoms with van der Waals surface area (Å²) in [5.74, 6) is -1.01. The van der Waals surface area contributed by atoms with Gasteiger partial charge in [-0.2, -0.15) is 5.26 Å². The summed E-state index contributed by atoms with van der Waals surface area (Å²) in [6, 6.07) is 12.6. The van der Waals surface area contributed by atoms with Gasteiger partial charge < -0.3 is 10.7 Å². The highest BCUT2D eigenvalue weighted by atomic mass is 19.1. The normalized spacial score (nSPS) is 10.8. The summed E-state index contributed by atoms with van der Waals surface area (Å²) < 4.78 is 27.6. The average Bonchev–Trinajstić information content (AvgIpc) is 3.05. The highest BCUT2D eigenvalue weighted by Crippen LogP contribution is 2.31. The average molecular weight is 347 g/mol. The van der Waals surface area contributed by atoms with E-state index >= 15 is 0 Å². The quantitative estimate of drug-likeness (QED) is 0.573. The molecule has 7 heteroatoms. The van der Waals surface area contributed by atoms with Crippen molar-refractivity contribution in [1.29, 1.82) is 5.26 Å². The number of fused-ring (bicyclic) bond motifs is 1. The van der Waals surface area contributed by atoms with Gasteiger partial charge in [-0.25, -0.2) is 18.7 Å². The topological polar surface area (TPSA) is 91.4 Å². The van der Waals surface area contributed by atoms with Crippen LogP contribution in [-0.2, 0) is 0 Å². The molecule has 0 amide bonds. The Kier molecular flexibility index (Phi) is 3.59. The lowest BCUT2D eigenvalue weighted by Gasteiger charge is -2.07. The van der Waals surface area contributed by atoms with E-state index in [1.54, 1.807) is 30.3 Å². The molecule has 0 fully saturated rings. The molecule has 4 rings (SSSR count). The molecule has 0 radical (unpaired) electrons. The van der Waals surface area contributed by atoms with Crippen LogP contribution >= 0.6 is 0 Å². The number of nitriles is 1. The van der Waals surface area contributed by atoms with Crippen LogP contribution in [0.2, 0.25) is 0 Å². The molecule has 2 heterocycles. The predicted octanol–water partition coefficient (Wildman–Crippen LogP) is 4.02. The Morgan fingerprint density at radius 2 is 1.85 bits per heavy atom. The summed E-state index contributed by atoms with van der Waals surface area (Å²) in [7, 11) is 0. The largest absolute Gasteiger partial charge is 0.384 e. The van der Waals surface area contributed by atoms with Crippen LogP contribution in [0.1, 0.15) is 5.56 Å². The van der Waals surface area contributed by atoms with E-state index in [1.807, 2.05) is 0 Å². The highest BCUT2D eigenvalue weighted by molar-refractivity contribution is 5.94. The number of nitrogens with zero attached hydrogens (tertiary/aromatic N) is 3. The van der Waals surface area contributed by atoms with Gasteiger partial charge in [0.2, 0.25) is 0 Å². The molecule has 5 nitrogen and oxygen atoms in total. The van der Waals surface area contributed by atoms with Crippen molar-refractivity contribution < 1.29 is 8.78 Å². The second-order valence-electron chi connectivity index (χ2n) is 5.67. The lowest BCUT2D eigenvalue weighted by molar-refractivity contribution is 0.591. The van der Waals surface area contributed by atoms with Gasteiger partial charge in [-0.05, 0) is 12.1 Å². The number of nitrogen functional groups attached to an aromatic ring is 1. The van der Waals surface area contributed by atoms with Gasteiger partial charge in [-0.15, -0.1) is 0 Å². The molecule has 0 atom stereocenters. The number of hydrogen-bond acceptors (Lipinski definition) is 4. The summed E-state index contributed by atoms with van der Waals surface area (Å²) in [4.78, 5) is 11.4. The first-order valence-corrected chi connectivity index (χ1v) is 7.67. The molecule has 26 heavy (non-hydrogen) atoms. The van der Waals surface area contributed by atoms with E-state index in [9.17, 15) is 14.0 Å². The van der Waals surface area contributed by atoms with Gasteiger partial charge in [0.05, 0.1) is 22.8 Å². The number of nitrogens with one attached hydrogen (secondary N) is 1. The third-order valence-electron chi connectivity index (χ3n) is 4.02. The molecular weight excluding hydrogens is 336 g/mol. The van der Waals surface area contributed by atoms with E-state index in [4.69, 9.17) is 5.73 Å². The van der Waals surface area contributed by atoms with Crippen molar-refractivity contribution in [2.24, 2.45) is 0 Å². The Labute approximate surface area is 146 Å². The van der Waals surface area contributed by atoms with Crippen LogP contribution in [0.3, 0.4) is 0 Å². The first kappa shape index (κ1) is 15.7. The maximum Gasteiger partial charge on any atom is 0.164 e. The molecule has 0 aliphatic rings. The summed E-state index contributed by atoms with van der Waals surface area (Å²) >= 11 is 0. The third kappa shape index (κ3) is 2.54. The van der Waals surface area contributed by atoms with Crippen LogP contribution in [0.4, 0.5) is 14.6 Å². The van der Waals surface area contributed by atoms with Crippen molar-refractivity contribution in [2.75, 3.05) is 5.73 Å². The predicted molar refractivity (Wildman–Crippen MR) is 93.8 cm³/mol. The number of H-pyrrole nitrogens is 1. The minimum absolute atomic E-state index is 0.159. The summed E-state index contributed by atoms with van der Waals surface area (Å²) in [6.07, 6.45) is 1.50. The van der Waals surface area contributed by atoms with Crippen LogP contribution < -0.4 is 5.73 Å². The Hall–Kier alpha value is -3.79. The molecule has 0 unspecified atom stereocenters. The standard InChI is InChI=1S/C19H11F2N5/c20-11-5-13-14(9-24-18(13)15(21)6-11)19-25-16(7-17(23)26-19)12-4-2-1-3-10(12)8-22/h1-7,9,24H,(H2,23,25,26). The zero-order chi connectivity index (χ0) is 18.3. The van der Waals surface area contributed by atoms with Gasteiger partial charge in [0.1, 0.15) is 17.5 Å². The van der Waals surface area contributed by atoms with E-state index < -0.39 is 11.6 Å². The van der Waals surface area contributed by atoms with Gasteiger partial charge >= 0.3 is 0 Å². The van der Waals surface area contributed by atoms with Crippen molar-refractivity contribution in [2.45, 2.75) is 0 Å². The molecular formula is C19H11F2N5. The lowest BCUT2D eigenvalue weighted by atomic mass is 10.0. The molecule has 0 saturated heterocycles. The van der Waals surface area contributed by atoms with Crippen LogP contribution in [0.25, 0.3) is 33.5 Å². The summed E-state index contributed by atoms with van der Waals surface area (Å²) in [5.41, 5.74) is 7.97. The smallest absolute Gasteiger partial charge is 0.164 e. The maximum atomic E-state index is 13.9. The molecule has 0 spiro atoms. The number of anilines is 1. The van der Waals surface area contributed by atoms with E-state index in [1.165, 1.54) is 12.3 Å². The fourth-order valence-electron chi connectivity index (χ4n) is 2.87. The van der Waals surface area contributed by atoms with E-state index in [0.29, 0.717) is 27.8 Å². The third-order valence-corrected chi connectivity index (χ3v) is 4.02. The molecule has 4 aromatic rings. The minimum Gasteiger partial charge on any atom is -0.384 e. The van der Waals surface area contributed by atoms with Crippen molar-refractivity contribution >= 4 is 16.7 Å². The Morgan fingerprint density at radius 1 is 1.04 bits per heavy atom. The molecule has 3 N–H and O–H groups in total. The molecule has 0 saturated carbocycles. The molecule has 2 aromatic carbocycles. The summed E-state index contributed by atoms with van der Waals surface area (Å²) in [6.45, 7) is 0. The minimum atomic E-state index is -0.704. The van der Waals surface area contributed by atoms with Crippen LogP contribution in [0, 0.1) is 23.0 Å². The second kappa shape index (κ2) is 5.93. The van der Waals surface area contributed by atoms with Crippen LogP contribution in [0.5, 0.6) is 0 Å². The Bertz CT molecular complexity index is 1190. The van der Waals surface area contributed by atoms with E-state index in [-0.39, 0.29) is 17.2 Å². The van der Waals surface area contributed by atoms with E-state index in [0.717, 1.165) is 6.07 Å². The van der Waals surface area contributed by atoms with Crippen molar-refractivity contribution in [3.8, 4) is 28.7 Å². The molecule has 2 aromatic heterocycles. The van der Waals surface area contributed by atoms with Gasteiger partial charge in [0.25, 0.3) is 0 Å².